The van der Waals surface area contributed by atoms with Crippen molar-refractivity contribution in [3.8, 4) is 11.3 Å². The highest BCUT2D eigenvalue weighted by Crippen LogP contribution is 2.34. The molecule has 7 nitrogen and oxygen atoms in total. The minimum Gasteiger partial charge on any atom is -0.358 e. The predicted molar refractivity (Wildman–Crippen MR) is 124 cm³/mol. The van der Waals surface area contributed by atoms with Crippen molar-refractivity contribution in [1.29, 1.82) is 0 Å². The average Bonchev–Trinajstić information content (AvgIpc) is 3.42. The second-order valence-corrected chi connectivity index (χ2v) is 10.4. The molecule has 0 spiro atoms. The summed E-state index contributed by atoms with van der Waals surface area (Å²) in [5, 5.41) is 6.41. The summed E-state index contributed by atoms with van der Waals surface area (Å²) < 4.78 is 25.2. The zero-order valence-electron chi connectivity index (χ0n) is 17.0. The molecule has 2 aromatic carbocycles. The number of aryl methyl sites for hydroxylation is 1. The second-order valence-electron chi connectivity index (χ2n) is 7.59. The highest BCUT2D eigenvalue weighted by molar-refractivity contribution is 7.92. The molecule has 0 radical (unpaired) electrons. The fourth-order valence-electron chi connectivity index (χ4n) is 4.08. The van der Waals surface area contributed by atoms with Crippen LogP contribution in [0.1, 0.15) is 21.6 Å². The number of hydrogen-bond donors (Lipinski definition) is 2. The number of thiazole rings is 1. The molecule has 3 heterocycles. The highest BCUT2D eigenvalue weighted by Gasteiger charge is 2.27. The number of rotatable bonds is 4. The van der Waals surface area contributed by atoms with Crippen LogP contribution in [0.25, 0.3) is 22.2 Å². The van der Waals surface area contributed by atoms with Crippen molar-refractivity contribution in [3.05, 3.63) is 64.7 Å². The molecular weight excluding hydrogens is 432 g/mol. The van der Waals surface area contributed by atoms with Gasteiger partial charge in [0.1, 0.15) is 0 Å². The van der Waals surface area contributed by atoms with Gasteiger partial charge in [-0.2, -0.15) is 0 Å². The SMILES string of the molecule is Cc1[nH]c2ccccc2c1-c1csc(NC(=O)c2ccc3c(c2)CCN3S(C)(=O)=O)n1. The van der Waals surface area contributed by atoms with Crippen LogP contribution >= 0.6 is 11.3 Å². The minimum absolute atomic E-state index is 0.267. The first-order valence-electron chi connectivity index (χ1n) is 9.76. The number of hydrogen-bond acceptors (Lipinski definition) is 5. The largest absolute Gasteiger partial charge is 0.358 e. The van der Waals surface area contributed by atoms with Crippen LogP contribution in [0.5, 0.6) is 0 Å². The number of anilines is 2. The van der Waals surface area contributed by atoms with Gasteiger partial charge in [-0.25, -0.2) is 13.4 Å². The van der Waals surface area contributed by atoms with Gasteiger partial charge in [0.25, 0.3) is 5.91 Å². The van der Waals surface area contributed by atoms with Gasteiger partial charge in [0, 0.05) is 39.6 Å². The number of amides is 1. The summed E-state index contributed by atoms with van der Waals surface area (Å²) in [5.74, 6) is -0.267. The third-order valence-corrected chi connectivity index (χ3v) is 7.41. The van der Waals surface area contributed by atoms with E-state index in [2.05, 4.69) is 21.4 Å². The third-order valence-electron chi connectivity index (χ3n) is 5.47. The van der Waals surface area contributed by atoms with E-state index < -0.39 is 10.0 Å². The molecule has 1 aliphatic rings. The molecule has 0 fully saturated rings. The van der Waals surface area contributed by atoms with E-state index in [1.807, 2.05) is 30.5 Å². The molecule has 1 aliphatic heterocycles. The van der Waals surface area contributed by atoms with Crippen molar-refractivity contribution in [2.75, 3.05) is 22.4 Å². The fraction of sp³-hybridized carbons (Fsp3) is 0.182. The number of aromatic nitrogens is 2. The fourth-order valence-corrected chi connectivity index (χ4v) is 5.73. The minimum atomic E-state index is -3.31. The van der Waals surface area contributed by atoms with Crippen LogP contribution in [0.2, 0.25) is 0 Å². The average molecular weight is 453 g/mol. The lowest BCUT2D eigenvalue weighted by Crippen LogP contribution is -2.27. The van der Waals surface area contributed by atoms with E-state index in [0.717, 1.165) is 33.4 Å². The topological polar surface area (TPSA) is 95.2 Å². The van der Waals surface area contributed by atoms with Crippen LogP contribution in [0.4, 0.5) is 10.8 Å². The molecular formula is C22H20N4O3S2. The molecule has 4 aromatic rings. The van der Waals surface area contributed by atoms with Gasteiger partial charge < -0.3 is 4.98 Å². The van der Waals surface area contributed by atoms with Crippen molar-refractivity contribution in [2.24, 2.45) is 0 Å². The van der Waals surface area contributed by atoms with Gasteiger partial charge in [-0.15, -0.1) is 11.3 Å². The molecule has 0 unspecified atom stereocenters. The van der Waals surface area contributed by atoms with E-state index in [-0.39, 0.29) is 5.91 Å². The number of H-pyrrole nitrogens is 1. The van der Waals surface area contributed by atoms with E-state index in [1.165, 1.54) is 21.9 Å². The zero-order valence-corrected chi connectivity index (χ0v) is 18.6. The smallest absolute Gasteiger partial charge is 0.257 e. The van der Waals surface area contributed by atoms with Crippen molar-refractivity contribution >= 4 is 49.0 Å². The van der Waals surface area contributed by atoms with Crippen molar-refractivity contribution in [2.45, 2.75) is 13.3 Å². The lowest BCUT2D eigenvalue weighted by Gasteiger charge is -2.16. The summed E-state index contributed by atoms with van der Waals surface area (Å²) in [6.45, 7) is 2.41. The number of nitrogens with zero attached hydrogens (tertiary/aromatic N) is 2. The molecule has 2 N–H and O–H groups in total. The predicted octanol–water partition coefficient (Wildman–Crippen LogP) is 4.17. The molecule has 0 atom stereocenters. The molecule has 158 valence electrons. The lowest BCUT2D eigenvalue weighted by molar-refractivity contribution is 0.102. The zero-order chi connectivity index (χ0) is 21.8. The molecule has 31 heavy (non-hydrogen) atoms. The number of para-hydroxylation sites is 1. The van der Waals surface area contributed by atoms with E-state index in [1.54, 1.807) is 18.2 Å². The van der Waals surface area contributed by atoms with Crippen LogP contribution in [0.3, 0.4) is 0 Å². The molecule has 9 heteroatoms. The Balaban J connectivity index is 1.39. The third kappa shape index (κ3) is 3.49. The monoisotopic (exact) mass is 452 g/mol. The molecule has 2 aromatic heterocycles. The summed E-state index contributed by atoms with van der Waals surface area (Å²) in [5.41, 5.74) is 5.90. The lowest BCUT2D eigenvalue weighted by atomic mass is 10.1. The maximum atomic E-state index is 12.8. The van der Waals surface area contributed by atoms with Gasteiger partial charge in [0.15, 0.2) is 5.13 Å². The highest BCUT2D eigenvalue weighted by atomic mass is 32.2. The molecule has 5 rings (SSSR count). The first-order chi connectivity index (χ1) is 14.8. The van der Waals surface area contributed by atoms with Crippen LogP contribution in [-0.4, -0.2) is 37.1 Å². The molecule has 1 amide bonds. The summed E-state index contributed by atoms with van der Waals surface area (Å²) in [6, 6.07) is 13.2. The molecule has 0 aliphatic carbocycles. The maximum Gasteiger partial charge on any atom is 0.257 e. The van der Waals surface area contributed by atoms with E-state index in [4.69, 9.17) is 0 Å². The Morgan fingerprint density at radius 2 is 2.03 bits per heavy atom. The van der Waals surface area contributed by atoms with Gasteiger partial charge in [-0.1, -0.05) is 18.2 Å². The maximum absolute atomic E-state index is 12.8. The van der Waals surface area contributed by atoms with E-state index >= 15 is 0 Å². The molecule has 0 saturated heterocycles. The van der Waals surface area contributed by atoms with E-state index in [0.29, 0.717) is 29.3 Å². The van der Waals surface area contributed by atoms with E-state index in [9.17, 15) is 13.2 Å². The Morgan fingerprint density at radius 3 is 2.84 bits per heavy atom. The number of aromatic amines is 1. The number of fused-ring (bicyclic) bond motifs is 2. The van der Waals surface area contributed by atoms with Crippen molar-refractivity contribution in [3.63, 3.8) is 0 Å². The number of nitrogens with one attached hydrogen (secondary N) is 2. The Morgan fingerprint density at radius 1 is 1.23 bits per heavy atom. The van der Waals surface area contributed by atoms with Gasteiger partial charge in [-0.05, 0) is 43.2 Å². The number of carbonyl (C=O) groups is 1. The quantitative estimate of drug-likeness (QED) is 0.486. The first-order valence-corrected chi connectivity index (χ1v) is 12.5. The number of sulfonamides is 1. The normalized spacial score (nSPS) is 13.5. The van der Waals surface area contributed by atoms with Crippen molar-refractivity contribution in [1.82, 2.24) is 9.97 Å². The Hall–Kier alpha value is -3.17. The Kier molecular flexibility index (Phi) is 4.60. The van der Waals surface area contributed by atoms with Gasteiger partial charge in [-0.3, -0.25) is 14.4 Å². The van der Waals surface area contributed by atoms with Crippen LogP contribution in [0.15, 0.2) is 47.8 Å². The summed E-state index contributed by atoms with van der Waals surface area (Å²) in [6.07, 6.45) is 1.78. The van der Waals surface area contributed by atoms with Gasteiger partial charge in [0.2, 0.25) is 10.0 Å². The van der Waals surface area contributed by atoms with Crippen LogP contribution in [-0.2, 0) is 16.4 Å². The van der Waals surface area contributed by atoms with Crippen LogP contribution in [0, 0.1) is 6.92 Å². The summed E-state index contributed by atoms with van der Waals surface area (Å²) >= 11 is 1.37. The van der Waals surface area contributed by atoms with Gasteiger partial charge >= 0.3 is 0 Å². The Bertz CT molecular complexity index is 1440. The number of benzene rings is 2. The first kappa shape index (κ1) is 19.8. The second kappa shape index (κ2) is 7.21. The Labute approximate surface area is 183 Å². The standard InChI is InChI=1S/C22H20N4O3S2/c1-13-20(16-5-3-4-6-17(16)23-13)18-12-30-22(24-18)25-21(27)15-7-8-19-14(11-15)9-10-26(19)31(2,28)29/h3-8,11-12,23H,9-10H2,1-2H3,(H,24,25,27). The summed E-state index contributed by atoms with van der Waals surface area (Å²) in [7, 11) is -3.31. The molecule has 0 saturated carbocycles. The summed E-state index contributed by atoms with van der Waals surface area (Å²) in [4.78, 5) is 20.8. The van der Waals surface area contributed by atoms with Crippen LogP contribution < -0.4 is 9.62 Å². The molecule has 0 bridgehead atoms. The van der Waals surface area contributed by atoms with Gasteiger partial charge in [0.05, 0.1) is 17.6 Å². The number of carbonyl (C=O) groups excluding carboxylic acids is 1. The van der Waals surface area contributed by atoms with Crippen molar-refractivity contribution < 1.29 is 13.2 Å².